The molecule has 0 radical (unpaired) electrons. The molecule has 1 N–H and O–H groups in total. The second-order valence-corrected chi connectivity index (χ2v) is 5.08. The van der Waals surface area contributed by atoms with Gasteiger partial charge in [0.15, 0.2) is 11.5 Å². The van der Waals surface area contributed by atoms with E-state index >= 15 is 0 Å². The van der Waals surface area contributed by atoms with Gasteiger partial charge in [0.05, 0.1) is 12.7 Å². The molecule has 1 aromatic carbocycles. The van der Waals surface area contributed by atoms with Crippen LogP contribution in [-0.4, -0.2) is 26.1 Å². The fourth-order valence-electron chi connectivity index (χ4n) is 1.86. The summed E-state index contributed by atoms with van der Waals surface area (Å²) >= 11 is 5.84. The minimum absolute atomic E-state index is 0.218. The predicted octanol–water partition coefficient (Wildman–Crippen LogP) is 2.05. The predicted molar refractivity (Wildman–Crippen MR) is 79.1 cm³/mol. The lowest BCUT2D eigenvalue weighted by molar-refractivity contribution is 0.0942. The van der Waals surface area contributed by atoms with Gasteiger partial charge in [-0.1, -0.05) is 34.1 Å². The minimum Gasteiger partial charge on any atom is -0.359 e. The van der Waals surface area contributed by atoms with Gasteiger partial charge < -0.3 is 9.84 Å². The number of aromatic nitrogens is 4. The first-order valence-electron chi connectivity index (χ1n) is 6.48. The Labute approximate surface area is 130 Å². The number of benzene rings is 1. The molecule has 112 valence electrons. The van der Waals surface area contributed by atoms with E-state index in [9.17, 15) is 4.79 Å². The molecule has 0 aliphatic rings. The first kappa shape index (κ1) is 14.3. The zero-order valence-electron chi connectivity index (χ0n) is 11.7. The van der Waals surface area contributed by atoms with Crippen LogP contribution >= 0.6 is 11.6 Å². The molecule has 2 aromatic heterocycles. The molecule has 7 nitrogen and oxygen atoms in total. The molecule has 0 saturated carbocycles. The Morgan fingerprint density at radius 2 is 2.14 bits per heavy atom. The Morgan fingerprint density at radius 1 is 1.36 bits per heavy atom. The van der Waals surface area contributed by atoms with Gasteiger partial charge in [-0.05, 0) is 12.1 Å². The van der Waals surface area contributed by atoms with Crippen molar-refractivity contribution >= 4 is 17.5 Å². The zero-order chi connectivity index (χ0) is 15.5. The molecule has 1 amide bonds. The van der Waals surface area contributed by atoms with Crippen molar-refractivity contribution in [2.75, 3.05) is 0 Å². The zero-order valence-corrected chi connectivity index (χ0v) is 12.4. The Balaban J connectivity index is 1.64. The van der Waals surface area contributed by atoms with Gasteiger partial charge in [0.2, 0.25) is 0 Å². The van der Waals surface area contributed by atoms with Crippen LogP contribution in [0.15, 0.2) is 41.1 Å². The third kappa shape index (κ3) is 3.15. The fraction of sp³-hybridized carbons (Fsp3) is 0.143. The number of hydrogen-bond donors (Lipinski definition) is 1. The van der Waals surface area contributed by atoms with Crippen molar-refractivity contribution in [3.8, 4) is 11.3 Å². The lowest BCUT2D eigenvalue weighted by atomic mass is 10.1. The standard InChI is InChI=1S/C14H12ClN5O2/c1-20-8-13(17-19-20)14(21)16-7-11-6-12(18-22-11)9-2-4-10(15)5-3-9/h2-6,8H,7H2,1H3,(H,16,21). The first-order valence-corrected chi connectivity index (χ1v) is 6.85. The van der Waals surface area contributed by atoms with Crippen LogP contribution in [0, 0.1) is 0 Å². The van der Waals surface area contributed by atoms with E-state index in [-0.39, 0.29) is 18.1 Å². The number of carbonyl (C=O) groups is 1. The molecule has 0 aliphatic heterocycles. The Bertz CT molecular complexity index is 794. The number of hydrogen-bond acceptors (Lipinski definition) is 5. The van der Waals surface area contributed by atoms with Crippen molar-refractivity contribution in [3.05, 3.63) is 53.0 Å². The first-order chi connectivity index (χ1) is 10.6. The van der Waals surface area contributed by atoms with Gasteiger partial charge in [-0.25, -0.2) is 0 Å². The molecular weight excluding hydrogens is 306 g/mol. The van der Waals surface area contributed by atoms with Crippen LogP contribution in [-0.2, 0) is 13.6 Å². The normalized spacial score (nSPS) is 10.6. The highest BCUT2D eigenvalue weighted by atomic mass is 35.5. The van der Waals surface area contributed by atoms with E-state index in [1.54, 1.807) is 25.2 Å². The molecule has 0 saturated heterocycles. The van der Waals surface area contributed by atoms with Crippen molar-refractivity contribution in [1.29, 1.82) is 0 Å². The molecule has 22 heavy (non-hydrogen) atoms. The SMILES string of the molecule is Cn1cc(C(=O)NCc2cc(-c3ccc(Cl)cc3)no2)nn1. The summed E-state index contributed by atoms with van der Waals surface area (Å²) in [5.74, 6) is 0.222. The molecule has 0 fully saturated rings. The quantitative estimate of drug-likeness (QED) is 0.796. The third-order valence-corrected chi connectivity index (χ3v) is 3.21. The van der Waals surface area contributed by atoms with Crippen molar-refractivity contribution in [2.24, 2.45) is 7.05 Å². The number of carbonyl (C=O) groups excluding carboxylic acids is 1. The Kier molecular flexibility index (Phi) is 3.88. The topological polar surface area (TPSA) is 85.8 Å². The summed E-state index contributed by atoms with van der Waals surface area (Å²) < 4.78 is 6.66. The van der Waals surface area contributed by atoms with Gasteiger partial charge in [0.25, 0.3) is 5.91 Å². The number of aryl methyl sites for hydroxylation is 1. The minimum atomic E-state index is -0.322. The maximum Gasteiger partial charge on any atom is 0.273 e. The number of halogens is 1. The van der Waals surface area contributed by atoms with Crippen molar-refractivity contribution in [3.63, 3.8) is 0 Å². The molecule has 8 heteroatoms. The maximum atomic E-state index is 11.8. The van der Waals surface area contributed by atoms with Gasteiger partial charge in [-0.3, -0.25) is 9.48 Å². The molecule has 2 heterocycles. The Hall–Kier alpha value is -2.67. The van der Waals surface area contributed by atoms with E-state index in [1.807, 2.05) is 12.1 Å². The molecule has 0 bridgehead atoms. The highest BCUT2D eigenvalue weighted by molar-refractivity contribution is 6.30. The second kappa shape index (κ2) is 5.98. The van der Waals surface area contributed by atoms with E-state index < -0.39 is 0 Å². The van der Waals surface area contributed by atoms with Crippen molar-refractivity contribution in [2.45, 2.75) is 6.54 Å². The third-order valence-electron chi connectivity index (χ3n) is 2.96. The molecule has 3 rings (SSSR count). The lowest BCUT2D eigenvalue weighted by Gasteiger charge is -1.98. The molecule has 0 spiro atoms. The monoisotopic (exact) mass is 317 g/mol. The molecule has 3 aromatic rings. The van der Waals surface area contributed by atoms with E-state index in [2.05, 4.69) is 20.8 Å². The number of nitrogens with one attached hydrogen (secondary N) is 1. The summed E-state index contributed by atoms with van der Waals surface area (Å²) in [5.41, 5.74) is 1.82. The van der Waals surface area contributed by atoms with E-state index in [1.165, 1.54) is 10.9 Å². The van der Waals surface area contributed by atoms with Gasteiger partial charge in [0.1, 0.15) is 5.69 Å². The highest BCUT2D eigenvalue weighted by Crippen LogP contribution is 2.21. The molecular formula is C14H12ClN5O2. The van der Waals surface area contributed by atoms with Crippen molar-refractivity contribution in [1.82, 2.24) is 25.5 Å². The summed E-state index contributed by atoms with van der Waals surface area (Å²) in [5, 5.41) is 14.8. The van der Waals surface area contributed by atoms with Gasteiger partial charge in [0, 0.05) is 23.7 Å². The van der Waals surface area contributed by atoms with Crippen LogP contribution in [0.5, 0.6) is 0 Å². The van der Waals surface area contributed by atoms with E-state index in [4.69, 9.17) is 16.1 Å². The smallest absolute Gasteiger partial charge is 0.273 e. The average molecular weight is 318 g/mol. The van der Waals surface area contributed by atoms with Crippen LogP contribution < -0.4 is 5.32 Å². The van der Waals surface area contributed by atoms with Gasteiger partial charge in [-0.15, -0.1) is 5.10 Å². The average Bonchev–Trinajstić information content (AvgIpc) is 3.15. The van der Waals surface area contributed by atoms with Crippen LogP contribution in [0.25, 0.3) is 11.3 Å². The number of nitrogens with zero attached hydrogens (tertiary/aromatic N) is 4. The molecule has 0 unspecified atom stereocenters. The maximum absolute atomic E-state index is 11.8. The number of rotatable bonds is 4. The van der Waals surface area contributed by atoms with Crippen LogP contribution in [0.1, 0.15) is 16.2 Å². The highest BCUT2D eigenvalue weighted by Gasteiger charge is 2.12. The lowest BCUT2D eigenvalue weighted by Crippen LogP contribution is -2.22. The fourth-order valence-corrected chi connectivity index (χ4v) is 1.99. The van der Waals surface area contributed by atoms with E-state index in [0.717, 1.165) is 5.56 Å². The van der Waals surface area contributed by atoms with Gasteiger partial charge in [-0.2, -0.15) is 0 Å². The summed E-state index contributed by atoms with van der Waals surface area (Å²) in [7, 11) is 1.69. The second-order valence-electron chi connectivity index (χ2n) is 4.65. The number of amides is 1. The van der Waals surface area contributed by atoms with Crippen LogP contribution in [0.2, 0.25) is 5.02 Å². The van der Waals surface area contributed by atoms with E-state index in [0.29, 0.717) is 16.5 Å². The summed E-state index contributed by atoms with van der Waals surface area (Å²) in [6, 6.07) is 9.02. The van der Waals surface area contributed by atoms with Crippen LogP contribution in [0.4, 0.5) is 0 Å². The van der Waals surface area contributed by atoms with Crippen molar-refractivity contribution < 1.29 is 9.32 Å². The summed E-state index contributed by atoms with van der Waals surface area (Å²) in [6.45, 7) is 0.218. The molecule has 0 aliphatic carbocycles. The van der Waals surface area contributed by atoms with Crippen LogP contribution in [0.3, 0.4) is 0 Å². The Morgan fingerprint density at radius 3 is 2.82 bits per heavy atom. The summed E-state index contributed by atoms with van der Waals surface area (Å²) in [4.78, 5) is 11.8. The largest absolute Gasteiger partial charge is 0.359 e. The van der Waals surface area contributed by atoms with Gasteiger partial charge >= 0.3 is 0 Å². The molecule has 0 atom stereocenters. The summed E-state index contributed by atoms with van der Waals surface area (Å²) in [6.07, 6.45) is 1.54.